The molecular weight excluding hydrogens is 322 g/mol. The quantitative estimate of drug-likeness (QED) is 0.848. The summed E-state index contributed by atoms with van der Waals surface area (Å²) in [6.45, 7) is 3.13. The van der Waals surface area contributed by atoms with Crippen molar-refractivity contribution in [1.29, 1.82) is 0 Å². The zero-order chi connectivity index (χ0) is 16.3. The molecule has 0 saturated carbocycles. The van der Waals surface area contributed by atoms with Gasteiger partial charge >= 0.3 is 0 Å². The Morgan fingerprint density at radius 1 is 1.14 bits per heavy atom. The number of hydrogen-bond acceptors (Lipinski definition) is 3. The minimum Gasteiger partial charge on any atom is -0.295 e. The fourth-order valence-electron chi connectivity index (χ4n) is 2.03. The highest BCUT2D eigenvalue weighted by Gasteiger charge is 2.19. The molecule has 0 bridgehead atoms. The van der Waals surface area contributed by atoms with Crippen LogP contribution in [0.5, 0.6) is 0 Å². The van der Waals surface area contributed by atoms with E-state index in [0.717, 1.165) is 5.56 Å². The van der Waals surface area contributed by atoms with Crippen molar-refractivity contribution < 1.29 is 13.2 Å². The molecule has 0 unspecified atom stereocenters. The van der Waals surface area contributed by atoms with Crippen LogP contribution in [0.2, 0.25) is 5.02 Å². The number of nitrogens with one attached hydrogen (secondary N) is 1. The standard InChI is InChI=1S/C16H16ClNO3S/c1-11(13-5-3-7-15(17)9-13)18-22(20,21)16-8-4-6-14(10-16)12(2)19/h3-11,18H,1-2H3/t11-/m1/s1. The van der Waals surface area contributed by atoms with Crippen molar-refractivity contribution in [3.8, 4) is 0 Å². The lowest BCUT2D eigenvalue weighted by Gasteiger charge is -2.15. The summed E-state index contributed by atoms with van der Waals surface area (Å²) in [6, 6.07) is 12.5. The maximum atomic E-state index is 12.4. The Morgan fingerprint density at radius 2 is 1.82 bits per heavy atom. The first kappa shape index (κ1) is 16.7. The molecule has 0 heterocycles. The summed E-state index contributed by atoms with van der Waals surface area (Å²) in [7, 11) is -3.72. The first-order valence-electron chi connectivity index (χ1n) is 6.68. The van der Waals surface area contributed by atoms with Crippen LogP contribution < -0.4 is 4.72 Å². The molecule has 0 saturated heterocycles. The molecule has 2 rings (SSSR count). The third-order valence-corrected chi connectivity index (χ3v) is 5.00. The lowest BCUT2D eigenvalue weighted by atomic mass is 10.1. The fraction of sp³-hybridized carbons (Fsp3) is 0.188. The van der Waals surface area contributed by atoms with Crippen molar-refractivity contribution >= 4 is 27.4 Å². The summed E-state index contributed by atoms with van der Waals surface area (Å²) in [4.78, 5) is 11.4. The van der Waals surface area contributed by atoms with Gasteiger partial charge in [-0.2, -0.15) is 0 Å². The molecule has 4 nitrogen and oxygen atoms in total. The molecule has 0 radical (unpaired) electrons. The number of carbonyl (C=O) groups is 1. The molecule has 1 atom stereocenters. The van der Waals surface area contributed by atoms with Gasteiger partial charge in [0.05, 0.1) is 4.90 Å². The number of halogens is 1. The van der Waals surface area contributed by atoms with E-state index in [2.05, 4.69) is 4.72 Å². The van der Waals surface area contributed by atoms with Gasteiger partial charge in [-0.25, -0.2) is 13.1 Å². The molecule has 2 aromatic carbocycles. The minimum absolute atomic E-state index is 0.0640. The van der Waals surface area contributed by atoms with Crippen molar-refractivity contribution in [1.82, 2.24) is 4.72 Å². The predicted molar refractivity (Wildman–Crippen MR) is 86.6 cm³/mol. The summed E-state index contributed by atoms with van der Waals surface area (Å²) in [5.41, 5.74) is 1.12. The van der Waals surface area contributed by atoms with Crippen LogP contribution in [0.3, 0.4) is 0 Å². The van der Waals surface area contributed by atoms with Crippen LogP contribution in [0.4, 0.5) is 0 Å². The van der Waals surface area contributed by atoms with Gasteiger partial charge in [-0.1, -0.05) is 35.9 Å². The van der Waals surface area contributed by atoms with Crippen LogP contribution in [-0.2, 0) is 10.0 Å². The highest BCUT2D eigenvalue weighted by molar-refractivity contribution is 7.89. The predicted octanol–water partition coefficient (Wildman–Crippen LogP) is 3.58. The molecule has 6 heteroatoms. The summed E-state index contributed by atoms with van der Waals surface area (Å²) >= 11 is 5.92. The normalized spacial score (nSPS) is 12.9. The van der Waals surface area contributed by atoms with E-state index in [1.165, 1.54) is 19.1 Å². The molecule has 0 fully saturated rings. The molecule has 0 spiro atoms. The first-order chi connectivity index (χ1) is 10.3. The van der Waals surface area contributed by atoms with Crippen molar-refractivity contribution in [3.63, 3.8) is 0 Å². The summed E-state index contributed by atoms with van der Waals surface area (Å²) in [5.74, 6) is -0.181. The van der Waals surface area contributed by atoms with Gasteiger partial charge in [-0.15, -0.1) is 0 Å². The van der Waals surface area contributed by atoms with Crippen LogP contribution in [-0.4, -0.2) is 14.2 Å². The smallest absolute Gasteiger partial charge is 0.241 e. The van der Waals surface area contributed by atoms with E-state index in [1.807, 2.05) is 0 Å². The van der Waals surface area contributed by atoms with Crippen LogP contribution in [0.25, 0.3) is 0 Å². The SMILES string of the molecule is CC(=O)c1cccc(S(=O)(=O)N[C@H](C)c2cccc(Cl)c2)c1. The molecular formula is C16H16ClNO3S. The van der Waals surface area contributed by atoms with Crippen molar-refractivity contribution in [2.45, 2.75) is 24.8 Å². The number of rotatable bonds is 5. The van der Waals surface area contributed by atoms with Crippen LogP contribution >= 0.6 is 11.6 Å². The maximum absolute atomic E-state index is 12.4. The molecule has 0 aromatic heterocycles. The van der Waals surface area contributed by atoms with Crippen molar-refractivity contribution in [2.24, 2.45) is 0 Å². The van der Waals surface area contributed by atoms with Crippen molar-refractivity contribution in [3.05, 3.63) is 64.7 Å². The van der Waals surface area contributed by atoms with E-state index in [4.69, 9.17) is 11.6 Å². The Hall–Kier alpha value is -1.69. The zero-order valence-corrected chi connectivity index (χ0v) is 13.8. The van der Waals surface area contributed by atoms with Gasteiger partial charge in [-0.3, -0.25) is 4.79 Å². The highest BCUT2D eigenvalue weighted by atomic mass is 35.5. The van der Waals surface area contributed by atoms with E-state index in [0.29, 0.717) is 10.6 Å². The second-order valence-electron chi connectivity index (χ2n) is 4.98. The van der Waals surface area contributed by atoms with Crippen LogP contribution in [0.1, 0.15) is 35.8 Å². The third kappa shape index (κ3) is 3.94. The Balaban J connectivity index is 2.27. The molecule has 1 N–H and O–H groups in total. The van der Waals surface area contributed by atoms with Gasteiger partial charge in [0.1, 0.15) is 0 Å². The zero-order valence-electron chi connectivity index (χ0n) is 12.2. The average molecular weight is 338 g/mol. The largest absolute Gasteiger partial charge is 0.295 e. The molecule has 22 heavy (non-hydrogen) atoms. The van der Waals surface area contributed by atoms with Gasteiger partial charge in [0.15, 0.2) is 5.78 Å². The van der Waals surface area contributed by atoms with E-state index >= 15 is 0 Å². The molecule has 0 aliphatic carbocycles. The monoisotopic (exact) mass is 337 g/mol. The van der Waals surface area contributed by atoms with Gasteiger partial charge < -0.3 is 0 Å². The maximum Gasteiger partial charge on any atom is 0.241 e. The molecule has 116 valence electrons. The lowest BCUT2D eigenvalue weighted by molar-refractivity contribution is 0.101. The van der Waals surface area contributed by atoms with Gasteiger partial charge in [0, 0.05) is 16.6 Å². The van der Waals surface area contributed by atoms with E-state index < -0.39 is 16.1 Å². The fourth-order valence-corrected chi connectivity index (χ4v) is 3.50. The van der Waals surface area contributed by atoms with Gasteiger partial charge in [0.2, 0.25) is 10.0 Å². The number of benzene rings is 2. The van der Waals surface area contributed by atoms with Gasteiger partial charge in [-0.05, 0) is 43.7 Å². The summed E-state index contributed by atoms with van der Waals surface area (Å²) in [6.07, 6.45) is 0. The minimum atomic E-state index is -3.72. The average Bonchev–Trinajstić information content (AvgIpc) is 2.47. The highest BCUT2D eigenvalue weighted by Crippen LogP contribution is 2.20. The Labute approximate surface area is 135 Å². The van der Waals surface area contributed by atoms with Gasteiger partial charge in [0.25, 0.3) is 0 Å². The number of ketones is 1. The van der Waals surface area contributed by atoms with Crippen LogP contribution in [0.15, 0.2) is 53.4 Å². The molecule has 0 amide bonds. The topological polar surface area (TPSA) is 63.2 Å². The molecule has 0 aliphatic rings. The number of Topliss-reactive ketones (excluding diaryl/α,β-unsaturated/α-hetero) is 1. The number of sulfonamides is 1. The second kappa shape index (κ2) is 6.60. The second-order valence-corrected chi connectivity index (χ2v) is 7.13. The Kier molecular flexibility index (Phi) is 5.01. The van der Waals surface area contributed by atoms with Crippen LogP contribution in [0, 0.1) is 0 Å². The third-order valence-electron chi connectivity index (χ3n) is 3.23. The number of hydrogen-bond donors (Lipinski definition) is 1. The van der Waals surface area contributed by atoms with E-state index in [1.54, 1.807) is 43.3 Å². The summed E-state index contributed by atoms with van der Waals surface area (Å²) in [5, 5.41) is 0.544. The Bertz CT molecular complexity index is 803. The number of carbonyl (C=O) groups excluding carboxylic acids is 1. The van der Waals surface area contributed by atoms with E-state index in [9.17, 15) is 13.2 Å². The van der Waals surface area contributed by atoms with Crippen molar-refractivity contribution in [2.75, 3.05) is 0 Å². The van der Waals surface area contributed by atoms with E-state index in [-0.39, 0.29) is 10.7 Å². The molecule has 0 aliphatic heterocycles. The molecule has 2 aromatic rings. The Morgan fingerprint density at radius 3 is 2.45 bits per heavy atom. The first-order valence-corrected chi connectivity index (χ1v) is 8.54. The summed E-state index contributed by atoms with van der Waals surface area (Å²) < 4.78 is 27.4. The lowest BCUT2D eigenvalue weighted by Crippen LogP contribution is -2.27.